The number of amides is 1. The molecule has 0 aromatic carbocycles. The standard InChI is InChI=1S/C19H26N6O3/c1-18(2,3)28-17(27)24-14(5-12-25-22-10-11-23-25)15(26)13-19(6-7-19)16-20-8-4-9-21-16/h4,8-11,14H,5-7,12-13H2,1-3H3,(H,24,27). The Balaban J connectivity index is 1.68. The van der Waals surface area contributed by atoms with Crippen LogP contribution in [0.5, 0.6) is 0 Å². The summed E-state index contributed by atoms with van der Waals surface area (Å²) in [5.74, 6) is 0.621. The van der Waals surface area contributed by atoms with E-state index in [2.05, 4.69) is 25.5 Å². The van der Waals surface area contributed by atoms with Crippen molar-refractivity contribution in [3.05, 3.63) is 36.7 Å². The smallest absolute Gasteiger partial charge is 0.408 e. The number of ketones is 1. The first-order valence-corrected chi connectivity index (χ1v) is 9.41. The zero-order valence-corrected chi connectivity index (χ0v) is 16.5. The van der Waals surface area contributed by atoms with Gasteiger partial charge in [0.25, 0.3) is 0 Å². The number of carbonyl (C=O) groups is 2. The predicted molar refractivity (Wildman–Crippen MR) is 100 cm³/mol. The Morgan fingerprint density at radius 3 is 2.39 bits per heavy atom. The molecular formula is C19H26N6O3. The number of alkyl carbamates (subject to hydrolysis) is 1. The van der Waals surface area contributed by atoms with Crippen LogP contribution in [0.3, 0.4) is 0 Å². The highest BCUT2D eigenvalue weighted by atomic mass is 16.6. The molecule has 1 aliphatic carbocycles. The minimum absolute atomic E-state index is 0.0667. The quantitative estimate of drug-likeness (QED) is 0.739. The van der Waals surface area contributed by atoms with Crippen molar-refractivity contribution < 1.29 is 14.3 Å². The molecule has 1 aliphatic rings. The molecule has 2 aromatic rings. The molecule has 9 nitrogen and oxygen atoms in total. The molecule has 2 aromatic heterocycles. The van der Waals surface area contributed by atoms with E-state index in [4.69, 9.17) is 4.74 Å². The van der Waals surface area contributed by atoms with E-state index < -0.39 is 17.7 Å². The van der Waals surface area contributed by atoms with Crippen LogP contribution in [0.15, 0.2) is 30.9 Å². The van der Waals surface area contributed by atoms with Crippen LogP contribution in [0, 0.1) is 0 Å². The van der Waals surface area contributed by atoms with Crippen molar-refractivity contribution in [1.29, 1.82) is 0 Å². The highest BCUT2D eigenvalue weighted by Gasteiger charge is 2.49. The average molecular weight is 386 g/mol. The molecular weight excluding hydrogens is 360 g/mol. The minimum atomic E-state index is -0.693. The largest absolute Gasteiger partial charge is 0.444 e. The second kappa shape index (κ2) is 8.04. The average Bonchev–Trinajstić information content (AvgIpc) is 3.22. The van der Waals surface area contributed by atoms with Gasteiger partial charge < -0.3 is 10.1 Å². The Kier molecular flexibility index (Phi) is 5.71. The van der Waals surface area contributed by atoms with Crippen LogP contribution in [0.4, 0.5) is 4.79 Å². The SMILES string of the molecule is CC(C)(C)OC(=O)NC(CCn1nccn1)C(=O)CC1(c2ncccn2)CC1. The van der Waals surface area contributed by atoms with Crippen LogP contribution in [-0.2, 0) is 21.5 Å². The van der Waals surface area contributed by atoms with Gasteiger partial charge in [0.15, 0.2) is 5.78 Å². The van der Waals surface area contributed by atoms with Gasteiger partial charge in [-0.3, -0.25) is 4.79 Å². The molecule has 28 heavy (non-hydrogen) atoms. The number of nitrogens with one attached hydrogen (secondary N) is 1. The fourth-order valence-electron chi connectivity index (χ4n) is 3.03. The number of aromatic nitrogens is 5. The summed E-state index contributed by atoms with van der Waals surface area (Å²) in [6.45, 7) is 5.75. The third kappa shape index (κ3) is 5.34. The van der Waals surface area contributed by atoms with Gasteiger partial charge in [0, 0.05) is 24.2 Å². The van der Waals surface area contributed by atoms with E-state index in [0.29, 0.717) is 18.8 Å². The van der Waals surface area contributed by atoms with E-state index in [1.807, 2.05) is 0 Å². The molecule has 0 saturated heterocycles. The van der Waals surface area contributed by atoms with E-state index in [1.165, 1.54) is 4.80 Å². The van der Waals surface area contributed by atoms with Gasteiger partial charge in [0.2, 0.25) is 0 Å². The summed E-state index contributed by atoms with van der Waals surface area (Å²) in [6.07, 6.45) is 8.29. The molecule has 1 unspecified atom stereocenters. The molecule has 0 bridgehead atoms. The first-order chi connectivity index (χ1) is 13.3. The van der Waals surface area contributed by atoms with E-state index >= 15 is 0 Å². The molecule has 1 saturated carbocycles. The van der Waals surface area contributed by atoms with Gasteiger partial charge in [-0.1, -0.05) is 0 Å². The first kappa shape index (κ1) is 19.9. The number of aryl methyl sites for hydroxylation is 1. The van der Waals surface area contributed by atoms with Gasteiger partial charge in [-0.2, -0.15) is 15.0 Å². The number of carbonyl (C=O) groups excluding carboxylic acids is 2. The lowest BCUT2D eigenvalue weighted by Crippen LogP contribution is -2.45. The molecule has 1 fully saturated rings. The number of nitrogens with zero attached hydrogens (tertiary/aromatic N) is 5. The maximum Gasteiger partial charge on any atom is 0.408 e. The molecule has 150 valence electrons. The fourth-order valence-corrected chi connectivity index (χ4v) is 3.03. The Labute approximate surface area is 163 Å². The summed E-state index contributed by atoms with van der Waals surface area (Å²) in [5, 5.41) is 10.8. The molecule has 0 aliphatic heterocycles. The van der Waals surface area contributed by atoms with Gasteiger partial charge in [0.05, 0.1) is 25.0 Å². The van der Waals surface area contributed by atoms with Crippen molar-refractivity contribution >= 4 is 11.9 Å². The number of rotatable bonds is 8. The Morgan fingerprint density at radius 1 is 1.18 bits per heavy atom. The van der Waals surface area contributed by atoms with Crippen molar-refractivity contribution in [3.63, 3.8) is 0 Å². The Bertz CT molecular complexity index is 797. The number of hydrogen-bond acceptors (Lipinski definition) is 7. The van der Waals surface area contributed by atoms with Crippen LogP contribution in [0.25, 0.3) is 0 Å². The molecule has 0 radical (unpaired) electrons. The summed E-state index contributed by atoms with van der Waals surface area (Å²) in [7, 11) is 0. The topological polar surface area (TPSA) is 112 Å². The van der Waals surface area contributed by atoms with Crippen molar-refractivity contribution in [2.45, 2.75) is 70.1 Å². The monoisotopic (exact) mass is 386 g/mol. The van der Waals surface area contributed by atoms with Crippen molar-refractivity contribution in [2.24, 2.45) is 0 Å². The van der Waals surface area contributed by atoms with Crippen LogP contribution >= 0.6 is 0 Å². The van der Waals surface area contributed by atoms with E-state index in [9.17, 15) is 9.59 Å². The van der Waals surface area contributed by atoms with Crippen molar-refractivity contribution in [1.82, 2.24) is 30.3 Å². The second-order valence-electron chi connectivity index (χ2n) is 8.11. The number of ether oxygens (including phenoxy) is 1. The maximum absolute atomic E-state index is 13.1. The normalized spacial score (nSPS) is 16.2. The van der Waals surface area contributed by atoms with Crippen molar-refractivity contribution in [3.8, 4) is 0 Å². The summed E-state index contributed by atoms with van der Waals surface area (Å²) in [5.41, 5.74) is -0.965. The molecule has 3 rings (SSSR count). The lowest BCUT2D eigenvalue weighted by Gasteiger charge is -2.24. The minimum Gasteiger partial charge on any atom is -0.444 e. The highest BCUT2D eigenvalue weighted by molar-refractivity contribution is 5.88. The summed E-state index contributed by atoms with van der Waals surface area (Å²) >= 11 is 0. The van der Waals surface area contributed by atoms with Gasteiger partial charge in [-0.05, 0) is 46.1 Å². The lowest BCUT2D eigenvalue weighted by molar-refractivity contribution is -0.122. The molecule has 1 amide bonds. The first-order valence-electron chi connectivity index (χ1n) is 9.41. The number of Topliss-reactive ketones (excluding diaryl/α,β-unsaturated/α-hetero) is 1. The molecule has 2 heterocycles. The van der Waals surface area contributed by atoms with Gasteiger partial charge in [-0.15, -0.1) is 0 Å². The van der Waals surface area contributed by atoms with Gasteiger partial charge >= 0.3 is 6.09 Å². The molecule has 9 heteroatoms. The van der Waals surface area contributed by atoms with Crippen LogP contribution in [-0.4, -0.2) is 48.5 Å². The third-order valence-electron chi connectivity index (χ3n) is 4.57. The lowest BCUT2D eigenvalue weighted by atomic mass is 9.93. The third-order valence-corrected chi connectivity index (χ3v) is 4.57. The van der Waals surface area contributed by atoms with E-state index in [1.54, 1.807) is 51.6 Å². The van der Waals surface area contributed by atoms with Crippen LogP contribution in [0.1, 0.15) is 52.3 Å². The highest BCUT2D eigenvalue weighted by Crippen LogP contribution is 2.49. The predicted octanol–water partition coefficient (Wildman–Crippen LogP) is 2.04. The molecule has 1 N–H and O–H groups in total. The van der Waals surface area contributed by atoms with E-state index in [0.717, 1.165) is 12.8 Å². The molecule has 1 atom stereocenters. The summed E-state index contributed by atoms with van der Waals surface area (Å²) in [6, 6.07) is 1.06. The maximum atomic E-state index is 13.1. The Hall–Kier alpha value is -2.84. The number of hydrogen-bond donors (Lipinski definition) is 1. The van der Waals surface area contributed by atoms with Crippen molar-refractivity contribution in [2.75, 3.05) is 0 Å². The fraction of sp³-hybridized carbons (Fsp3) is 0.579. The van der Waals surface area contributed by atoms with Crippen LogP contribution in [0.2, 0.25) is 0 Å². The van der Waals surface area contributed by atoms with Gasteiger partial charge in [-0.25, -0.2) is 14.8 Å². The zero-order chi connectivity index (χ0) is 20.2. The second-order valence-corrected chi connectivity index (χ2v) is 8.11. The zero-order valence-electron chi connectivity index (χ0n) is 16.5. The summed E-state index contributed by atoms with van der Waals surface area (Å²) < 4.78 is 5.32. The molecule has 0 spiro atoms. The van der Waals surface area contributed by atoms with E-state index in [-0.39, 0.29) is 17.6 Å². The van der Waals surface area contributed by atoms with Crippen LogP contribution < -0.4 is 5.32 Å². The van der Waals surface area contributed by atoms with Gasteiger partial charge in [0.1, 0.15) is 11.4 Å². The summed E-state index contributed by atoms with van der Waals surface area (Å²) in [4.78, 5) is 35.4. The Morgan fingerprint density at radius 2 is 1.82 bits per heavy atom.